The van der Waals surface area contributed by atoms with Gasteiger partial charge in [-0.25, -0.2) is 0 Å². The van der Waals surface area contributed by atoms with Crippen molar-refractivity contribution in [2.45, 2.75) is 6.04 Å². The van der Waals surface area contributed by atoms with Crippen LogP contribution in [0.5, 0.6) is 17.2 Å². The van der Waals surface area contributed by atoms with Crippen LogP contribution < -0.4 is 19.1 Å². The molecule has 0 bridgehead atoms. The maximum atomic E-state index is 13.6. The van der Waals surface area contributed by atoms with E-state index in [1.54, 1.807) is 31.4 Å². The summed E-state index contributed by atoms with van der Waals surface area (Å²) in [7, 11) is 6.30. The number of hydrogen-bond acceptors (Lipinski definition) is 6. The Hall–Kier alpha value is -4.43. The number of anilines is 1. The zero-order valence-corrected chi connectivity index (χ0v) is 21.9. The van der Waals surface area contributed by atoms with Gasteiger partial charge in [-0.1, -0.05) is 29.8 Å². The van der Waals surface area contributed by atoms with E-state index in [9.17, 15) is 14.7 Å². The second-order valence-electron chi connectivity index (χ2n) is 8.77. The highest BCUT2D eigenvalue weighted by atomic mass is 35.5. The van der Waals surface area contributed by atoms with E-state index in [0.29, 0.717) is 17.0 Å². The molecule has 2 heterocycles. The van der Waals surface area contributed by atoms with E-state index in [1.807, 2.05) is 42.1 Å². The number of rotatable bonds is 6. The highest BCUT2D eigenvalue weighted by Crippen LogP contribution is 2.46. The first-order chi connectivity index (χ1) is 18.3. The summed E-state index contributed by atoms with van der Waals surface area (Å²) < 4.78 is 18.0. The number of aliphatic hydroxyl groups is 1. The molecular weight excluding hydrogens is 508 g/mol. The molecule has 194 valence electrons. The smallest absolute Gasteiger partial charge is 0.300 e. The molecule has 1 aliphatic heterocycles. The van der Waals surface area contributed by atoms with Crippen molar-refractivity contribution in [2.75, 3.05) is 26.2 Å². The fraction of sp³-hybridized carbons (Fsp3) is 0.172. The molecule has 1 amide bonds. The topological polar surface area (TPSA) is 90.2 Å². The number of methoxy groups -OCH3 is 3. The van der Waals surface area contributed by atoms with Crippen molar-refractivity contribution in [1.29, 1.82) is 0 Å². The first-order valence-electron chi connectivity index (χ1n) is 11.7. The third-order valence-corrected chi connectivity index (χ3v) is 7.04. The largest absolute Gasteiger partial charge is 0.507 e. The Labute approximate surface area is 224 Å². The lowest BCUT2D eigenvalue weighted by Gasteiger charge is -2.25. The zero-order chi connectivity index (χ0) is 27.1. The Balaban J connectivity index is 1.81. The number of fused-ring (bicyclic) bond motifs is 1. The summed E-state index contributed by atoms with van der Waals surface area (Å²) in [6.45, 7) is 0. The average Bonchev–Trinajstić information content (AvgIpc) is 3.41. The highest BCUT2D eigenvalue weighted by molar-refractivity contribution is 6.52. The fourth-order valence-corrected chi connectivity index (χ4v) is 5.15. The van der Waals surface area contributed by atoms with Crippen LogP contribution in [-0.2, 0) is 16.6 Å². The quantitative estimate of drug-likeness (QED) is 0.201. The molecule has 3 aromatic carbocycles. The summed E-state index contributed by atoms with van der Waals surface area (Å²) in [5.41, 5.74) is 2.16. The third kappa shape index (κ3) is 3.94. The van der Waals surface area contributed by atoms with E-state index in [2.05, 4.69) is 0 Å². The van der Waals surface area contributed by atoms with Gasteiger partial charge in [0, 0.05) is 41.5 Å². The number of carbonyl (C=O) groups is 2. The van der Waals surface area contributed by atoms with Crippen LogP contribution in [0.25, 0.3) is 16.7 Å². The first kappa shape index (κ1) is 25.2. The molecule has 1 saturated heterocycles. The molecule has 1 aliphatic rings. The lowest BCUT2D eigenvalue weighted by Crippen LogP contribution is -2.29. The summed E-state index contributed by atoms with van der Waals surface area (Å²) in [6, 6.07) is 16.5. The average molecular weight is 533 g/mol. The summed E-state index contributed by atoms with van der Waals surface area (Å²) in [5, 5.41) is 12.8. The summed E-state index contributed by atoms with van der Waals surface area (Å²) >= 11 is 6.27. The van der Waals surface area contributed by atoms with E-state index >= 15 is 0 Å². The standard InChI is InChI=1S/C29H25ClN2O6/c1-31-15-20(18-7-5-6-8-22(18)31)26-25(27(33)19-13-24(38-4)21(30)14-23(19)37-3)28(34)29(35)32(26)16-9-11-17(36-2)12-10-16/h5-15,26,33H,1-4H3/b27-25+. The number of ketones is 1. The summed E-state index contributed by atoms with van der Waals surface area (Å²) in [4.78, 5) is 28.6. The SMILES string of the molecule is COc1ccc(N2C(=O)C(=O)/C(=C(/O)c3cc(OC)c(Cl)cc3OC)C2c2cn(C)c3ccccc23)cc1. The van der Waals surface area contributed by atoms with Crippen LogP contribution in [0.2, 0.25) is 5.02 Å². The molecule has 38 heavy (non-hydrogen) atoms. The molecule has 1 fully saturated rings. The Morgan fingerprint density at radius 1 is 0.921 bits per heavy atom. The van der Waals surface area contributed by atoms with Gasteiger partial charge in [-0.3, -0.25) is 14.5 Å². The van der Waals surface area contributed by atoms with Gasteiger partial charge in [-0.2, -0.15) is 0 Å². The van der Waals surface area contributed by atoms with Gasteiger partial charge in [0.15, 0.2) is 0 Å². The third-order valence-electron chi connectivity index (χ3n) is 6.75. The molecule has 0 saturated carbocycles. The predicted molar refractivity (Wildman–Crippen MR) is 145 cm³/mol. The number of hydrogen-bond donors (Lipinski definition) is 1. The van der Waals surface area contributed by atoms with Gasteiger partial charge in [-0.05, 0) is 36.4 Å². The van der Waals surface area contributed by atoms with Gasteiger partial charge in [-0.15, -0.1) is 0 Å². The number of aliphatic hydroxyl groups excluding tert-OH is 1. The highest BCUT2D eigenvalue weighted by Gasteiger charge is 2.48. The number of amides is 1. The van der Waals surface area contributed by atoms with Crippen molar-refractivity contribution in [3.8, 4) is 17.2 Å². The number of aryl methyl sites for hydroxylation is 1. The zero-order valence-electron chi connectivity index (χ0n) is 21.2. The molecule has 0 aliphatic carbocycles. The van der Waals surface area contributed by atoms with Gasteiger partial charge in [0.2, 0.25) is 0 Å². The second kappa shape index (κ2) is 9.79. The maximum Gasteiger partial charge on any atom is 0.300 e. The molecule has 5 rings (SSSR count). The van der Waals surface area contributed by atoms with Crippen molar-refractivity contribution >= 4 is 45.6 Å². The Bertz CT molecular complexity index is 1610. The van der Waals surface area contributed by atoms with Crippen LogP contribution >= 0.6 is 11.6 Å². The van der Waals surface area contributed by atoms with Gasteiger partial charge < -0.3 is 23.9 Å². The van der Waals surface area contributed by atoms with E-state index in [4.69, 9.17) is 25.8 Å². The molecule has 8 nitrogen and oxygen atoms in total. The number of para-hydroxylation sites is 1. The van der Waals surface area contributed by atoms with Gasteiger partial charge in [0.1, 0.15) is 23.0 Å². The van der Waals surface area contributed by atoms with Crippen LogP contribution in [0, 0.1) is 0 Å². The van der Waals surface area contributed by atoms with Gasteiger partial charge in [0.25, 0.3) is 11.7 Å². The molecule has 9 heteroatoms. The van der Waals surface area contributed by atoms with Crippen molar-refractivity contribution in [1.82, 2.24) is 4.57 Å². The summed E-state index contributed by atoms with van der Waals surface area (Å²) in [5.74, 6) is -0.892. The minimum absolute atomic E-state index is 0.0788. The number of carbonyl (C=O) groups excluding carboxylic acids is 2. The van der Waals surface area contributed by atoms with E-state index < -0.39 is 23.5 Å². The first-order valence-corrected chi connectivity index (χ1v) is 12.1. The van der Waals surface area contributed by atoms with Gasteiger partial charge in [0.05, 0.1) is 43.5 Å². The molecule has 4 aromatic rings. The number of halogens is 1. The van der Waals surface area contributed by atoms with E-state index in [-0.39, 0.29) is 27.7 Å². The molecule has 1 atom stereocenters. The van der Waals surface area contributed by atoms with Crippen LogP contribution in [0.4, 0.5) is 5.69 Å². The van der Waals surface area contributed by atoms with Gasteiger partial charge >= 0.3 is 0 Å². The molecule has 1 N–H and O–H groups in total. The Morgan fingerprint density at radius 3 is 2.26 bits per heavy atom. The van der Waals surface area contributed by atoms with Crippen LogP contribution in [0.3, 0.4) is 0 Å². The maximum absolute atomic E-state index is 13.6. The number of Topliss-reactive ketones (excluding diaryl/α,β-unsaturated/α-hetero) is 1. The number of nitrogens with zero attached hydrogens (tertiary/aromatic N) is 2. The Morgan fingerprint density at radius 2 is 1.61 bits per heavy atom. The molecule has 0 spiro atoms. The van der Waals surface area contributed by atoms with Crippen molar-refractivity contribution in [3.63, 3.8) is 0 Å². The van der Waals surface area contributed by atoms with Crippen molar-refractivity contribution < 1.29 is 28.9 Å². The predicted octanol–water partition coefficient (Wildman–Crippen LogP) is 5.48. The molecule has 1 aromatic heterocycles. The van der Waals surface area contributed by atoms with Crippen molar-refractivity contribution in [3.05, 3.63) is 88.6 Å². The Kier molecular flexibility index (Phi) is 6.50. The van der Waals surface area contributed by atoms with Crippen LogP contribution in [0.15, 0.2) is 72.4 Å². The number of ether oxygens (including phenoxy) is 3. The minimum Gasteiger partial charge on any atom is -0.507 e. The monoisotopic (exact) mass is 532 g/mol. The lowest BCUT2D eigenvalue weighted by molar-refractivity contribution is -0.132. The van der Waals surface area contributed by atoms with E-state index in [1.165, 1.54) is 31.3 Å². The number of aromatic nitrogens is 1. The number of benzene rings is 3. The van der Waals surface area contributed by atoms with Crippen LogP contribution in [0.1, 0.15) is 17.2 Å². The van der Waals surface area contributed by atoms with Crippen LogP contribution in [-0.4, -0.2) is 42.7 Å². The molecule has 0 radical (unpaired) electrons. The minimum atomic E-state index is -0.930. The van der Waals surface area contributed by atoms with Crippen molar-refractivity contribution in [2.24, 2.45) is 7.05 Å². The van der Waals surface area contributed by atoms with E-state index in [0.717, 1.165) is 10.9 Å². The molecule has 1 unspecified atom stereocenters. The fourth-order valence-electron chi connectivity index (χ4n) is 4.92. The molecular formula is C29H25ClN2O6. The lowest BCUT2D eigenvalue weighted by atomic mass is 9.94. The second-order valence-corrected chi connectivity index (χ2v) is 9.17. The normalized spacial score (nSPS) is 16.8. The summed E-state index contributed by atoms with van der Waals surface area (Å²) in [6.07, 6.45) is 1.87.